The minimum absolute atomic E-state index is 1.04. The third-order valence-corrected chi connectivity index (χ3v) is 4.00. The van der Waals surface area contributed by atoms with Gasteiger partial charge in [-0.15, -0.1) is 0 Å². The van der Waals surface area contributed by atoms with Crippen molar-refractivity contribution in [2.24, 2.45) is 0 Å². The van der Waals surface area contributed by atoms with Crippen molar-refractivity contribution in [1.82, 2.24) is 9.55 Å². The topological polar surface area (TPSA) is 17.8 Å². The predicted molar refractivity (Wildman–Crippen MR) is 86.4 cm³/mol. The van der Waals surface area contributed by atoms with E-state index in [4.69, 9.17) is 0 Å². The van der Waals surface area contributed by atoms with Crippen molar-refractivity contribution in [3.63, 3.8) is 0 Å². The molecule has 21 heavy (non-hydrogen) atoms. The molecule has 2 nitrogen and oxygen atoms in total. The number of fused-ring (bicyclic) bond motifs is 1. The van der Waals surface area contributed by atoms with Crippen LogP contribution in [-0.2, 0) is 6.42 Å². The van der Waals surface area contributed by atoms with Crippen molar-refractivity contribution in [2.75, 3.05) is 0 Å². The van der Waals surface area contributed by atoms with Gasteiger partial charge < -0.3 is 4.57 Å². The molecule has 2 heteroatoms. The van der Waals surface area contributed by atoms with Gasteiger partial charge >= 0.3 is 0 Å². The first-order valence-corrected chi connectivity index (χ1v) is 7.19. The van der Waals surface area contributed by atoms with Crippen molar-refractivity contribution in [1.29, 1.82) is 0 Å². The van der Waals surface area contributed by atoms with E-state index in [0.29, 0.717) is 0 Å². The second kappa shape index (κ2) is 4.74. The summed E-state index contributed by atoms with van der Waals surface area (Å²) in [6.45, 7) is 2.20. The first-order chi connectivity index (χ1) is 10.3. The summed E-state index contributed by atoms with van der Waals surface area (Å²) < 4.78 is 2.07. The molecule has 0 unspecified atom stereocenters. The fraction of sp³-hybridized carbons (Fsp3) is 0.105. The lowest BCUT2D eigenvalue weighted by molar-refractivity contribution is 1.05. The van der Waals surface area contributed by atoms with Gasteiger partial charge in [0.1, 0.15) is 0 Å². The van der Waals surface area contributed by atoms with Crippen LogP contribution in [0.2, 0.25) is 0 Å². The molecule has 0 spiro atoms. The Morgan fingerprint density at radius 2 is 1.95 bits per heavy atom. The molecule has 2 aromatic carbocycles. The number of aromatic nitrogens is 2. The van der Waals surface area contributed by atoms with Gasteiger partial charge in [-0.05, 0) is 47.7 Å². The Labute approximate surface area is 124 Å². The molecule has 3 aromatic rings. The lowest BCUT2D eigenvalue weighted by Gasteiger charge is -2.12. The quantitative estimate of drug-likeness (QED) is 0.671. The van der Waals surface area contributed by atoms with Crippen LogP contribution in [0.4, 0.5) is 0 Å². The van der Waals surface area contributed by atoms with Crippen LogP contribution in [0, 0.1) is 0 Å². The molecule has 0 saturated heterocycles. The van der Waals surface area contributed by atoms with Gasteiger partial charge in [-0.2, -0.15) is 0 Å². The molecule has 0 radical (unpaired) electrons. The highest BCUT2D eigenvalue weighted by Crippen LogP contribution is 2.36. The van der Waals surface area contributed by atoms with E-state index in [9.17, 15) is 0 Å². The van der Waals surface area contributed by atoms with Crippen LogP contribution in [0.15, 0.2) is 66.8 Å². The summed E-state index contributed by atoms with van der Waals surface area (Å²) in [4.78, 5) is 4.16. The lowest BCUT2D eigenvalue weighted by atomic mass is 9.96. The van der Waals surface area contributed by atoms with Crippen LogP contribution in [0.3, 0.4) is 0 Å². The smallest absolute Gasteiger partial charge is 0.0991 e. The highest BCUT2D eigenvalue weighted by Gasteiger charge is 2.16. The molecule has 1 aromatic heterocycles. The van der Waals surface area contributed by atoms with Gasteiger partial charge in [0.25, 0.3) is 0 Å². The van der Waals surface area contributed by atoms with Crippen LogP contribution in [0.1, 0.15) is 18.1 Å². The number of allylic oxidation sites excluding steroid dienone is 1. The van der Waals surface area contributed by atoms with Gasteiger partial charge in [0.15, 0.2) is 0 Å². The average molecular weight is 272 g/mol. The normalized spacial score (nSPS) is 13.1. The molecule has 0 bridgehead atoms. The Bertz CT molecular complexity index is 812. The molecule has 0 amide bonds. The van der Waals surface area contributed by atoms with Crippen molar-refractivity contribution < 1.29 is 0 Å². The minimum atomic E-state index is 1.04. The van der Waals surface area contributed by atoms with E-state index in [1.807, 2.05) is 18.7 Å². The second-order valence-electron chi connectivity index (χ2n) is 5.57. The third-order valence-electron chi connectivity index (χ3n) is 4.00. The Morgan fingerprint density at radius 3 is 2.71 bits per heavy atom. The molecule has 1 aliphatic rings. The Kier molecular flexibility index (Phi) is 2.74. The van der Waals surface area contributed by atoms with Crippen molar-refractivity contribution >= 4 is 6.08 Å². The summed E-state index contributed by atoms with van der Waals surface area (Å²) in [7, 11) is 0. The van der Waals surface area contributed by atoms with Crippen LogP contribution in [0.25, 0.3) is 22.9 Å². The number of hydrogen-bond acceptors (Lipinski definition) is 1. The van der Waals surface area contributed by atoms with Crippen molar-refractivity contribution in [3.05, 3.63) is 77.9 Å². The molecule has 1 heterocycles. The summed E-state index contributed by atoms with van der Waals surface area (Å²) >= 11 is 0. The molecular formula is C19H16N2. The molecule has 0 saturated carbocycles. The van der Waals surface area contributed by atoms with Crippen molar-refractivity contribution in [2.45, 2.75) is 13.3 Å². The summed E-state index contributed by atoms with van der Waals surface area (Å²) in [5.74, 6) is 0. The second-order valence-corrected chi connectivity index (χ2v) is 5.57. The van der Waals surface area contributed by atoms with Crippen LogP contribution in [-0.4, -0.2) is 9.55 Å². The summed E-state index contributed by atoms with van der Waals surface area (Å²) in [5.41, 5.74) is 7.92. The predicted octanol–water partition coefficient (Wildman–Crippen LogP) is 4.50. The fourth-order valence-electron chi connectivity index (χ4n) is 3.03. The maximum Gasteiger partial charge on any atom is 0.0991 e. The molecule has 1 aliphatic carbocycles. The monoisotopic (exact) mass is 272 g/mol. The van der Waals surface area contributed by atoms with Gasteiger partial charge in [-0.3, -0.25) is 0 Å². The standard InChI is InChI=1S/C19H16N2/c1-14-9-16-11-17(21-8-7-20-13-21)12-19(18(16)10-14)15-5-3-2-4-6-15/h2-8,10-13H,9H2,1H3. The van der Waals surface area contributed by atoms with E-state index in [1.165, 1.54) is 33.5 Å². The van der Waals surface area contributed by atoms with Gasteiger partial charge in [-0.25, -0.2) is 4.98 Å². The first kappa shape index (κ1) is 12.2. The van der Waals surface area contributed by atoms with Gasteiger partial charge in [0.05, 0.1) is 6.33 Å². The molecule has 4 rings (SSSR count). The summed E-state index contributed by atoms with van der Waals surface area (Å²) in [6.07, 6.45) is 9.02. The van der Waals surface area contributed by atoms with E-state index in [1.54, 1.807) is 0 Å². The van der Waals surface area contributed by atoms with Gasteiger partial charge in [0.2, 0.25) is 0 Å². The Hall–Kier alpha value is -2.61. The molecule has 0 fully saturated rings. The zero-order valence-electron chi connectivity index (χ0n) is 12.0. The number of benzene rings is 2. The number of rotatable bonds is 2. The zero-order valence-corrected chi connectivity index (χ0v) is 12.0. The molecule has 0 atom stereocenters. The van der Waals surface area contributed by atoms with Gasteiger partial charge in [0, 0.05) is 18.1 Å². The van der Waals surface area contributed by atoms with E-state index in [-0.39, 0.29) is 0 Å². The van der Waals surface area contributed by atoms with Crippen LogP contribution in [0.5, 0.6) is 0 Å². The minimum Gasteiger partial charge on any atom is -0.306 e. The third kappa shape index (κ3) is 2.09. The number of nitrogens with zero attached hydrogens (tertiary/aromatic N) is 2. The highest BCUT2D eigenvalue weighted by molar-refractivity contribution is 5.82. The van der Waals surface area contributed by atoms with E-state index >= 15 is 0 Å². The Morgan fingerprint density at radius 1 is 1.10 bits per heavy atom. The first-order valence-electron chi connectivity index (χ1n) is 7.19. The average Bonchev–Trinajstić information content (AvgIpc) is 3.15. The molecule has 0 aliphatic heterocycles. The summed E-state index contributed by atoms with van der Waals surface area (Å²) in [6, 6.07) is 15.1. The zero-order chi connectivity index (χ0) is 14.2. The van der Waals surface area contributed by atoms with Crippen molar-refractivity contribution in [3.8, 4) is 16.8 Å². The number of hydrogen-bond donors (Lipinski definition) is 0. The fourth-order valence-corrected chi connectivity index (χ4v) is 3.03. The van der Waals surface area contributed by atoms with E-state index in [2.05, 4.69) is 65.0 Å². The molecular weight excluding hydrogens is 256 g/mol. The maximum absolute atomic E-state index is 4.16. The number of imidazole rings is 1. The molecule has 102 valence electrons. The lowest BCUT2D eigenvalue weighted by Crippen LogP contribution is -1.96. The molecule has 0 N–H and O–H groups in total. The Balaban J connectivity index is 1.96. The largest absolute Gasteiger partial charge is 0.306 e. The van der Waals surface area contributed by atoms with Gasteiger partial charge in [-0.1, -0.05) is 42.0 Å². The SMILES string of the molecule is CC1=Cc2c(cc(-n3ccnc3)cc2-c2ccccc2)C1. The van der Waals surface area contributed by atoms with E-state index < -0.39 is 0 Å². The summed E-state index contributed by atoms with van der Waals surface area (Å²) in [5, 5.41) is 0. The van der Waals surface area contributed by atoms with E-state index in [0.717, 1.165) is 6.42 Å². The van der Waals surface area contributed by atoms with Crippen LogP contribution < -0.4 is 0 Å². The maximum atomic E-state index is 4.16. The highest BCUT2D eigenvalue weighted by atomic mass is 15.0. The van der Waals surface area contributed by atoms with Crippen LogP contribution >= 0.6 is 0 Å².